The molecule has 0 saturated carbocycles. The summed E-state index contributed by atoms with van der Waals surface area (Å²) in [6.45, 7) is 0.170. The van der Waals surface area contributed by atoms with Crippen molar-refractivity contribution in [2.24, 2.45) is 0 Å². The topological polar surface area (TPSA) is 83.9 Å². The minimum atomic E-state index is -3.77. The SMILES string of the molecule is COc1ccc(CN(C)S(=O)(=O)c2cccc(C(=O)O)c2)cc1. The Bertz CT molecular complexity index is 799. The quantitative estimate of drug-likeness (QED) is 0.875. The van der Waals surface area contributed by atoms with Gasteiger partial charge in [-0.25, -0.2) is 13.2 Å². The van der Waals surface area contributed by atoms with Crippen molar-refractivity contribution in [3.8, 4) is 5.75 Å². The van der Waals surface area contributed by atoms with Gasteiger partial charge in [-0.15, -0.1) is 0 Å². The van der Waals surface area contributed by atoms with Crippen LogP contribution in [0.2, 0.25) is 0 Å². The molecule has 0 amide bonds. The van der Waals surface area contributed by atoms with E-state index in [2.05, 4.69) is 0 Å². The summed E-state index contributed by atoms with van der Waals surface area (Å²) < 4.78 is 31.3. The number of carboxylic acid groups (broad SMARTS) is 1. The molecule has 0 saturated heterocycles. The summed E-state index contributed by atoms with van der Waals surface area (Å²) in [5.41, 5.74) is 0.732. The van der Waals surface area contributed by atoms with Gasteiger partial charge >= 0.3 is 5.97 Å². The smallest absolute Gasteiger partial charge is 0.335 e. The van der Waals surface area contributed by atoms with Crippen LogP contribution in [0.3, 0.4) is 0 Å². The van der Waals surface area contributed by atoms with Crippen LogP contribution in [-0.2, 0) is 16.6 Å². The van der Waals surface area contributed by atoms with Crippen LogP contribution in [0.5, 0.6) is 5.75 Å². The van der Waals surface area contributed by atoms with E-state index in [0.717, 1.165) is 11.6 Å². The highest BCUT2D eigenvalue weighted by Crippen LogP contribution is 2.19. The first kappa shape index (κ1) is 17.0. The van der Waals surface area contributed by atoms with Crippen LogP contribution >= 0.6 is 0 Å². The fourth-order valence-electron chi connectivity index (χ4n) is 2.04. The molecule has 0 heterocycles. The third kappa shape index (κ3) is 3.88. The Morgan fingerprint density at radius 2 is 1.83 bits per heavy atom. The zero-order chi connectivity index (χ0) is 17.0. The van der Waals surface area contributed by atoms with E-state index in [9.17, 15) is 13.2 Å². The molecule has 2 aromatic rings. The second-order valence-corrected chi connectivity index (χ2v) is 6.99. The lowest BCUT2D eigenvalue weighted by atomic mass is 10.2. The Hall–Kier alpha value is -2.38. The maximum absolute atomic E-state index is 12.5. The third-order valence-corrected chi connectivity index (χ3v) is 5.15. The molecule has 6 nitrogen and oxygen atoms in total. The first-order valence-electron chi connectivity index (χ1n) is 6.77. The van der Waals surface area contributed by atoms with Gasteiger partial charge in [0.2, 0.25) is 10.0 Å². The van der Waals surface area contributed by atoms with E-state index in [0.29, 0.717) is 5.75 Å². The molecule has 2 rings (SSSR count). The summed E-state index contributed by atoms with van der Waals surface area (Å²) in [5.74, 6) is -0.478. The average molecular weight is 335 g/mol. The van der Waals surface area contributed by atoms with Crippen molar-refractivity contribution in [1.82, 2.24) is 4.31 Å². The molecule has 23 heavy (non-hydrogen) atoms. The molecule has 0 fully saturated rings. The van der Waals surface area contributed by atoms with Gasteiger partial charge in [-0.05, 0) is 35.9 Å². The van der Waals surface area contributed by atoms with Crippen molar-refractivity contribution < 1.29 is 23.1 Å². The van der Waals surface area contributed by atoms with Crippen LogP contribution in [0.15, 0.2) is 53.4 Å². The molecular formula is C16H17NO5S. The lowest BCUT2D eigenvalue weighted by Gasteiger charge is -2.17. The fourth-order valence-corrected chi connectivity index (χ4v) is 3.25. The molecule has 2 aromatic carbocycles. The lowest BCUT2D eigenvalue weighted by Crippen LogP contribution is -2.26. The zero-order valence-corrected chi connectivity index (χ0v) is 13.6. The molecule has 0 aromatic heterocycles. The van der Waals surface area contributed by atoms with Gasteiger partial charge in [-0.2, -0.15) is 4.31 Å². The average Bonchev–Trinajstić information content (AvgIpc) is 2.55. The molecule has 122 valence electrons. The van der Waals surface area contributed by atoms with Crippen LogP contribution < -0.4 is 4.74 Å². The van der Waals surface area contributed by atoms with Gasteiger partial charge in [-0.1, -0.05) is 18.2 Å². The number of hydrogen-bond acceptors (Lipinski definition) is 4. The van der Waals surface area contributed by atoms with Crippen LogP contribution in [-0.4, -0.2) is 38.0 Å². The number of benzene rings is 2. The minimum absolute atomic E-state index is 0.0478. The van der Waals surface area contributed by atoms with E-state index in [1.54, 1.807) is 31.4 Å². The predicted octanol–water partition coefficient (Wildman–Crippen LogP) is 2.21. The van der Waals surface area contributed by atoms with E-state index in [1.807, 2.05) is 0 Å². The van der Waals surface area contributed by atoms with Crippen molar-refractivity contribution in [2.75, 3.05) is 14.2 Å². The molecule has 0 radical (unpaired) electrons. The summed E-state index contributed by atoms with van der Waals surface area (Å²) in [5, 5.41) is 8.98. The number of sulfonamides is 1. The van der Waals surface area contributed by atoms with E-state index in [1.165, 1.54) is 29.6 Å². The zero-order valence-electron chi connectivity index (χ0n) is 12.8. The summed E-state index contributed by atoms with van der Waals surface area (Å²) in [4.78, 5) is 10.9. The normalized spacial score (nSPS) is 11.4. The monoisotopic (exact) mass is 335 g/mol. The van der Waals surface area contributed by atoms with Crippen LogP contribution in [0, 0.1) is 0 Å². The maximum Gasteiger partial charge on any atom is 0.335 e. The summed E-state index contributed by atoms with van der Waals surface area (Å²) in [7, 11) is -0.762. The van der Waals surface area contributed by atoms with Crippen molar-refractivity contribution in [1.29, 1.82) is 0 Å². The van der Waals surface area contributed by atoms with E-state index < -0.39 is 16.0 Å². The number of ether oxygens (including phenoxy) is 1. The molecule has 7 heteroatoms. The number of hydrogen-bond donors (Lipinski definition) is 1. The molecular weight excluding hydrogens is 318 g/mol. The van der Waals surface area contributed by atoms with Crippen LogP contribution in [0.1, 0.15) is 15.9 Å². The summed E-state index contributed by atoms with van der Waals surface area (Å²) >= 11 is 0. The van der Waals surface area contributed by atoms with Gasteiger partial charge in [0.25, 0.3) is 0 Å². The Morgan fingerprint density at radius 3 is 2.39 bits per heavy atom. The first-order chi connectivity index (χ1) is 10.8. The number of methoxy groups -OCH3 is 1. The third-order valence-electron chi connectivity index (χ3n) is 3.35. The van der Waals surface area contributed by atoms with E-state index in [4.69, 9.17) is 9.84 Å². The highest BCUT2D eigenvalue weighted by atomic mass is 32.2. The van der Waals surface area contributed by atoms with Crippen molar-refractivity contribution in [2.45, 2.75) is 11.4 Å². The Balaban J connectivity index is 2.24. The summed E-state index contributed by atoms with van der Waals surface area (Å²) in [6.07, 6.45) is 0. The van der Waals surface area contributed by atoms with Gasteiger partial charge in [0.15, 0.2) is 0 Å². The molecule has 0 bridgehead atoms. The number of aromatic carboxylic acids is 1. The Morgan fingerprint density at radius 1 is 1.17 bits per heavy atom. The van der Waals surface area contributed by atoms with Gasteiger partial charge in [0, 0.05) is 13.6 Å². The molecule has 0 aliphatic heterocycles. The molecule has 0 unspecified atom stereocenters. The second-order valence-electron chi connectivity index (χ2n) is 4.94. The standard InChI is InChI=1S/C16H17NO5S/c1-17(11-12-6-8-14(22-2)9-7-12)23(20,21)15-5-3-4-13(10-15)16(18)19/h3-10H,11H2,1-2H3,(H,18,19). The Labute approximate surface area is 135 Å². The summed E-state index contributed by atoms with van der Waals surface area (Å²) in [6, 6.07) is 12.4. The lowest BCUT2D eigenvalue weighted by molar-refractivity contribution is 0.0696. The van der Waals surface area contributed by atoms with E-state index in [-0.39, 0.29) is 17.0 Å². The maximum atomic E-state index is 12.5. The highest BCUT2D eigenvalue weighted by molar-refractivity contribution is 7.89. The van der Waals surface area contributed by atoms with Crippen molar-refractivity contribution >= 4 is 16.0 Å². The molecule has 0 atom stereocenters. The fraction of sp³-hybridized carbons (Fsp3) is 0.188. The number of carboxylic acids is 1. The van der Waals surface area contributed by atoms with Crippen LogP contribution in [0.4, 0.5) is 0 Å². The Kier molecular flexibility index (Phi) is 5.02. The molecule has 0 spiro atoms. The molecule has 0 aliphatic carbocycles. The highest BCUT2D eigenvalue weighted by Gasteiger charge is 2.22. The largest absolute Gasteiger partial charge is 0.497 e. The first-order valence-corrected chi connectivity index (χ1v) is 8.21. The van der Waals surface area contributed by atoms with Gasteiger partial charge < -0.3 is 9.84 Å². The molecule has 1 N–H and O–H groups in total. The van der Waals surface area contributed by atoms with Gasteiger partial charge in [-0.3, -0.25) is 0 Å². The second kappa shape index (κ2) is 6.80. The number of rotatable bonds is 6. The predicted molar refractivity (Wildman–Crippen MR) is 85.0 cm³/mol. The van der Waals surface area contributed by atoms with E-state index >= 15 is 0 Å². The van der Waals surface area contributed by atoms with Gasteiger partial charge in [0.05, 0.1) is 17.6 Å². The van der Waals surface area contributed by atoms with Crippen LogP contribution in [0.25, 0.3) is 0 Å². The van der Waals surface area contributed by atoms with Crippen molar-refractivity contribution in [3.63, 3.8) is 0 Å². The number of carbonyl (C=O) groups is 1. The van der Waals surface area contributed by atoms with Gasteiger partial charge in [0.1, 0.15) is 5.75 Å². The molecule has 0 aliphatic rings. The minimum Gasteiger partial charge on any atom is -0.497 e. The number of nitrogens with zero attached hydrogens (tertiary/aromatic N) is 1. The van der Waals surface area contributed by atoms with Crippen molar-refractivity contribution in [3.05, 3.63) is 59.7 Å².